The Bertz CT molecular complexity index is 673. The van der Waals surface area contributed by atoms with E-state index < -0.39 is 5.82 Å². The standard InChI is InChI=1S/C15H18FN5O2/c1-10-18-14(20-23-10)7-11-3-2-6-21(9-11)15(22)19-13-5-4-12(16)8-17-13/h4-5,8,11H,2-3,6-7,9H2,1H3,(H,17,19,22)/t11-/m1/s1. The number of nitrogens with zero attached hydrogens (tertiary/aromatic N) is 4. The molecule has 0 spiro atoms. The lowest BCUT2D eigenvalue weighted by atomic mass is 9.95. The van der Waals surface area contributed by atoms with Crippen LogP contribution in [-0.2, 0) is 6.42 Å². The van der Waals surface area contributed by atoms with E-state index in [1.54, 1.807) is 11.8 Å². The zero-order valence-corrected chi connectivity index (χ0v) is 12.8. The Labute approximate surface area is 132 Å². The largest absolute Gasteiger partial charge is 0.340 e. The predicted octanol–water partition coefficient (Wildman–Crippen LogP) is 2.40. The van der Waals surface area contributed by atoms with Crippen molar-refractivity contribution in [3.05, 3.63) is 35.9 Å². The van der Waals surface area contributed by atoms with Gasteiger partial charge in [0, 0.05) is 26.4 Å². The van der Waals surface area contributed by atoms with Crippen molar-refractivity contribution in [1.82, 2.24) is 20.0 Å². The first-order valence-electron chi connectivity index (χ1n) is 7.57. The van der Waals surface area contributed by atoms with Gasteiger partial charge in [-0.2, -0.15) is 4.98 Å². The van der Waals surface area contributed by atoms with Crippen LogP contribution in [0.2, 0.25) is 0 Å². The van der Waals surface area contributed by atoms with Crippen molar-refractivity contribution in [2.75, 3.05) is 18.4 Å². The van der Waals surface area contributed by atoms with Gasteiger partial charge in [0.05, 0.1) is 6.20 Å². The van der Waals surface area contributed by atoms with Crippen LogP contribution < -0.4 is 5.32 Å². The highest BCUT2D eigenvalue weighted by Crippen LogP contribution is 2.20. The Morgan fingerprint density at radius 3 is 3.09 bits per heavy atom. The van der Waals surface area contributed by atoms with Crippen LogP contribution in [-0.4, -0.2) is 39.1 Å². The van der Waals surface area contributed by atoms with Gasteiger partial charge in [-0.3, -0.25) is 5.32 Å². The average Bonchev–Trinajstić information content (AvgIpc) is 2.95. The summed E-state index contributed by atoms with van der Waals surface area (Å²) in [5.74, 6) is 1.43. The van der Waals surface area contributed by atoms with E-state index in [9.17, 15) is 9.18 Å². The predicted molar refractivity (Wildman–Crippen MR) is 80.2 cm³/mol. The van der Waals surface area contributed by atoms with Gasteiger partial charge in [-0.1, -0.05) is 5.16 Å². The van der Waals surface area contributed by atoms with E-state index in [4.69, 9.17) is 4.52 Å². The minimum absolute atomic E-state index is 0.224. The van der Waals surface area contributed by atoms with E-state index in [1.165, 1.54) is 12.1 Å². The minimum atomic E-state index is -0.434. The van der Waals surface area contributed by atoms with Gasteiger partial charge in [0.1, 0.15) is 11.6 Å². The van der Waals surface area contributed by atoms with Crippen LogP contribution in [0.4, 0.5) is 15.0 Å². The quantitative estimate of drug-likeness (QED) is 0.939. The highest BCUT2D eigenvalue weighted by atomic mass is 19.1. The number of aromatic nitrogens is 3. The zero-order valence-electron chi connectivity index (χ0n) is 12.8. The highest BCUT2D eigenvalue weighted by molar-refractivity contribution is 5.88. The molecule has 122 valence electrons. The molecule has 0 aromatic carbocycles. The normalized spacial score (nSPS) is 18.0. The first-order chi connectivity index (χ1) is 11.1. The fraction of sp³-hybridized carbons (Fsp3) is 0.467. The van der Waals surface area contributed by atoms with E-state index in [-0.39, 0.29) is 6.03 Å². The zero-order chi connectivity index (χ0) is 16.2. The van der Waals surface area contributed by atoms with Crippen molar-refractivity contribution >= 4 is 11.8 Å². The summed E-state index contributed by atoms with van der Waals surface area (Å²) in [5, 5.41) is 6.59. The molecule has 0 aliphatic carbocycles. The van der Waals surface area contributed by atoms with Gasteiger partial charge in [-0.15, -0.1) is 0 Å². The van der Waals surface area contributed by atoms with E-state index in [2.05, 4.69) is 20.4 Å². The third-order valence-electron chi connectivity index (χ3n) is 3.81. The van der Waals surface area contributed by atoms with Gasteiger partial charge in [0.15, 0.2) is 5.82 Å². The lowest BCUT2D eigenvalue weighted by molar-refractivity contribution is 0.176. The summed E-state index contributed by atoms with van der Waals surface area (Å²) in [6, 6.07) is 2.48. The maximum absolute atomic E-state index is 12.8. The lowest BCUT2D eigenvalue weighted by Crippen LogP contribution is -2.43. The number of amides is 2. The second-order valence-electron chi connectivity index (χ2n) is 5.68. The Kier molecular flexibility index (Phi) is 4.50. The van der Waals surface area contributed by atoms with E-state index in [0.717, 1.165) is 19.0 Å². The molecule has 0 bridgehead atoms. The second kappa shape index (κ2) is 6.72. The van der Waals surface area contributed by atoms with Crippen molar-refractivity contribution in [3.8, 4) is 0 Å². The van der Waals surface area contributed by atoms with Crippen LogP contribution in [0.15, 0.2) is 22.9 Å². The number of hydrogen-bond donors (Lipinski definition) is 1. The topological polar surface area (TPSA) is 84.2 Å². The molecule has 1 fully saturated rings. The number of carbonyl (C=O) groups excluding carboxylic acids is 1. The highest BCUT2D eigenvalue weighted by Gasteiger charge is 2.25. The maximum atomic E-state index is 12.8. The number of nitrogens with one attached hydrogen (secondary N) is 1. The molecule has 7 nitrogen and oxygen atoms in total. The van der Waals surface area contributed by atoms with E-state index >= 15 is 0 Å². The summed E-state index contributed by atoms with van der Waals surface area (Å²) >= 11 is 0. The molecule has 3 heterocycles. The molecule has 0 radical (unpaired) electrons. The number of hydrogen-bond acceptors (Lipinski definition) is 5. The Morgan fingerprint density at radius 2 is 2.39 bits per heavy atom. The van der Waals surface area contributed by atoms with Gasteiger partial charge >= 0.3 is 6.03 Å². The molecule has 1 N–H and O–H groups in total. The molecule has 0 unspecified atom stereocenters. The van der Waals surface area contributed by atoms with Crippen LogP contribution in [0.5, 0.6) is 0 Å². The first kappa shape index (κ1) is 15.4. The maximum Gasteiger partial charge on any atom is 0.323 e. The van der Waals surface area contributed by atoms with Gasteiger partial charge in [0.2, 0.25) is 5.89 Å². The number of piperidine rings is 1. The monoisotopic (exact) mass is 319 g/mol. The number of halogens is 1. The van der Waals surface area contributed by atoms with Gasteiger partial charge in [-0.05, 0) is 30.9 Å². The molecule has 2 aromatic rings. The summed E-state index contributed by atoms with van der Waals surface area (Å²) in [7, 11) is 0. The van der Waals surface area contributed by atoms with E-state index in [1.807, 2.05) is 0 Å². The third kappa shape index (κ3) is 4.02. The van der Waals surface area contributed by atoms with Gasteiger partial charge in [-0.25, -0.2) is 14.2 Å². The van der Waals surface area contributed by atoms with Crippen LogP contribution in [0.25, 0.3) is 0 Å². The Hall–Kier alpha value is -2.51. The number of rotatable bonds is 3. The molecular formula is C15H18FN5O2. The molecule has 1 aliphatic rings. The first-order valence-corrected chi connectivity index (χ1v) is 7.57. The molecule has 8 heteroatoms. The molecular weight excluding hydrogens is 301 g/mol. The van der Waals surface area contributed by atoms with Gasteiger partial charge in [0.25, 0.3) is 0 Å². The van der Waals surface area contributed by atoms with Crippen LogP contribution >= 0.6 is 0 Å². The number of aryl methyl sites for hydroxylation is 1. The summed E-state index contributed by atoms with van der Waals surface area (Å²) in [6.07, 6.45) is 3.71. The molecule has 0 saturated carbocycles. The summed E-state index contributed by atoms with van der Waals surface area (Å²) < 4.78 is 17.8. The fourth-order valence-electron chi connectivity index (χ4n) is 2.74. The summed E-state index contributed by atoms with van der Waals surface area (Å²) in [4.78, 5) is 22.1. The second-order valence-corrected chi connectivity index (χ2v) is 5.68. The molecule has 1 atom stereocenters. The number of likely N-dealkylation sites (tertiary alicyclic amines) is 1. The van der Waals surface area contributed by atoms with Crippen molar-refractivity contribution < 1.29 is 13.7 Å². The molecule has 2 amide bonds. The lowest BCUT2D eigenvalue weighted by Gasteiger charge is -2.32. The van der Waals surface area contributed by atoms with Crippen molar-refractivity contribution in [2.45, 2.75) is 26.2 Å². The number of urea groups is 1. The molecule has 2 aromatic heterocycles. The summed E-state index contributed by atoms with van der Waals surface area (Å²) in [5.41, 5.74) is 0. The summed E-state index contributed by atoms with van der Waals surface area (Å²) in [6.45, 7) is 3.07. The smallest absolute Gasteiger partial charge is 0.323 e. The van der Waals surface area contributed by atoms with Gasteiger partial charge < -0.3 is 9.42 Å². The SMILES string of the molecule is Cc1nc(C[C@H]2CCCN(C(=O)Nc3ccc(F)cn3)C2)no1. The number of anilines is 1. The van der Waals surface area contributed by atoms with Crippen LogP contribution in [0.1, 0.15) is 24.6 Å². The van der Waals surface area contributed by atoms with E-state index in [0.29, 0.717) is 43.0 Å². The van der Waals surface area contributed by atoms with Crippen molar-refractivity contribution in [1.29, 1.82) is 0 Å². The van der Waals surface area contributed by atoms with Crippen LogP contribution in [0, 0.1) is 18.7 Å². The number of pyridine rings is 1. The third-order valence-corrected chi connectivity index (χ3v) is 3.81. The molecule has 3 rings (SSSR count). The Morgan fingerprint density at radius 1 is 1.52 bits per heavy atom. The average molecular weight is 319 g/mol. The number of carbonyl (C=O) groups is 1. The molecule has 1 saturated heterocycles. The fourth-order valence-corrected chi connectivity index (χ4v) is 2.74. The Balaban J connectivity index is 1.56. The molecule has 23 heavy (non-hydrogen) atoms. The van der Waals surface area contributed by atoms with Crippen molar-refractivity contribution in [3.63, 3.8) is 0 Å². The minimum Gasteiger partial charge on any atom is -0.340 e. The van der Waals surface area contributed by atoms with Crippen LogP contribution in [0.3, 0.4) is 0 Å². The van der Waals surface area contributed by atoms with Crippen molar-refractivity contribution in [2.24, 2.45) is 5.92 Å². The molecule has 1 aliphatic heterocycles.